The molecule has 2 aromatic rings. The van der Waals surface area contributed by atoms with Crippen molar-refractivity contribution in [3.8, 4) is 0 Å². The highest BCUT2D eigenvalue weighted by molar-refractivity contribution is 5.91. The molecule has 1 unspecified atom stereocenters. The molecule has 5 heteroatoms. The lowest BCUT2D eigenvalue weighted by molar-refractivity contribution is 0.0994. The summed E-state index contributed by atoms with van der Waals surface area (Å²) in [6.45, 7) is 3.01. The molecule has 1 aliphatic heterocycles. The van der Waals surface area contributed by atoms with Crippen LogP contribution in [0.4, 0.5) is 5.82 Å². The van der Waals surface area contributed by atoms with Crippen LogP contribution in [0.3, 0.4) is 0 Å². The monoisotopic (exact) mass is 270 g/mol. The van der Waals surface area contributed by atoms with E-state index >= 15 is 0 Å². The smallest absolute Gasteiger partial charge is 0.269 e. The summed E-state index contributed by atoms with van der Waals surface area (Å²) in [7, 11) is 0. The van der Waals surface area contributed by atoms with Gasteiger partial charge in [0, 0.05) is 12.6 Å². The molecule has 0 aliphatic carbocycles. The van der Waals surface area contributed by atoms with Crippen molar-refractivity contribution in [3.05, 3.63) is 47.2 Å². The molecule has 3 N–H and O–H groups in total. The number of carbonyl (C=O) groups is 1. The zero-order chi connectivity index (χ0) is 14.1. The zero-order valence-electron chi connectivity index (χ0n) is 11.5. The predicted octanol–water partition coefficient (Wildman–Crippen LogP) is 1.95. The van der Waals surface area contributed by atoms with Gasteiger partial charge in [0.1, 0.15) is 5.82 Å². The second-order valence-electron chi connectivity index (χ2n) is 5.05. The first-order valence-electron chi connectivity index (χ1n) is 6.91. The van der Waals surface area contributed by atoms with Crippen LogP contribution in [0.1, 0.15) is 41.0 Å². The number of amides is 1. The van der Waals surface area contributed by atoms with Crippen LogP contribution in [-0.2, 0) is 6.42 Å². The van der Waals surface area contributed by atoms with Gasteiger partial charge in [0.2, 0.25) is 0 Å². The largest absolute Gasteiger partial charge is 0.370 e. The van der Waals surface area contributed by atoms with Crippen molar-refractivity contribution >= 4 is 11.7 Å². The van der Waals surface area contributed by atoms with Gasteiger partial charge in [0.25, 0.3) is 5.91 Å². The van der Waals surface area contributed by atoms with Gasteiger partial charge in [0.05, 0.1) is 6.04 Å². The average molecular weight is 270 g/mol. The molecule has 1 aromatic heterocycles. The lowest BCUT2D eigenvalue weighted by atomic mass is 10.0. The van der Waals surface area contributed by atoms with Crippen molar-refractivity contribution < 1.29 is 4.79 Å². The van der Waals surface area contributed by atoms with Gasteiger partial charge in [0.15, 0.2) is 5.69 Å². The van der Waals surface area contributed by atoms with Crippen LogP contribution in [0.25, 0.3) is 0 Å². The Hall–Kier alpha value is -2.30. The van der Waals surface area contributed by atoms with Crippen molar-refractivity contribution in [2.75, 3.05) is 11.9 Å². The molecule has 0 saturated carbocycles. The lowest BCUT2D eigenvalue weighted by Gasteiger charge is -2.26. The molecule has 3 rings (SSSR count). The number of fused-ring (bicyclic) bond motifs is 1. The number of rotatable bonds is 3. The van der Waals surface area contributed by atoms with Gasteiger partial charge >= 0.3 is 0 Å². The first-order valence-corrected chi connectivity index (χ1v) is 6.91. The fraction of sp³-hybridized carbons (Fsp3) is 0.333. The Kier molecular flexibility index (Phi) is 3.18. The number of aryl methyl sites for hydroxylation is 1. The fourth-order valence-corrected chi connectivity index (χ4v) is 2.63. The third-order valence-corrected chi connectivity index (χ3v) is 3.78. The van der Waals surface area contributed by atoms with Gasteiger partial charge in [-0.2, -0.15) is 5.10 Å². The highest BCUT2D eigenvalue weighted by Crippen LogP contribution is 2.29. The zero-order valence-corrected chi connectivity index (χ0v) is 11.5. The van der Waals surface area contributed by atoms with Crippen molar-refractivity contribution in [2.45, 2.75) is 25.8 Å². The Morgan fingerprint density at radius 1 is 1.45 bits per heavy atom. The number of anilines is 1. The minimum Gasteiger partial charge on any atom is -0.370 e. The van der Waals surface area contributed by atoms with Crippen LogP contribution < -0.4 is 11.1 Å². The van der Waals surface area contributed by atoms with Gasteiger partial charge in [-0.25, -0.2) is 4.68 Å². The highest BCUT2D eigenvalue weighted by Gasteiger charge is 2.24. The summed E-state index contributed by atoms with van der Waals surface area (Å²) in [6, 6.07) is 10.5. The maximum Gasteiger partial charge on any atom is 0.269 e. The van der Waals surface area contributed by atoms with Crippen molar-refractivity contribution in [3.63, 3.8) is 0 Å². The quantitative estimate of drug-likeness (QED) is 0.895. The van der Waals surface area contributed by atoms with E-state index in [1.54, 1.807) is 6.07 Å². The van der Waals surface area contributed by atoms with Gasteiger partial charge in [-0.3, -0.25) is 4.79 Å². The van der Waals surface area contributed by atoms with Crippen molar-refractivity contribution in [2.24, 2.45) is 5.73 Å². The molecule has 20 heavy (non-hydrogen) atoms. The minimum absolute atomic E-state index is 0.158. The summed E-state index contributed by atoms with van der Waals surface area (Å²) in [5.41, 5.74) is 8.15. The first-order chi connectivity index (χ1) is 9.69. The predicted molar refractivity (Wildman–Crippen MR) is 77.8 cm³/mol. The minimum atomic E-state index is -0.492. The van der Waals surface area contributed by atoms with Crippen LogP contribution in [0, 0.1) is 0 Å². The Morgan fingerprint density at radius 3 is 2.85 bits per heavy atom. The van der Waals surface area contributed by atoms with Crippen LogP contribution in [0.2, 0.25) is 0 Å². The molecule has 1 atom stereocenters. The van der Waals surface area contributed by atoms with E-state index in [0.717, 1.165) is 25.2 Å². The lowest BCUT2D eigenvalue weighted by Crippen LogP contribution is -2.24. The standard InChI is InChI=1S/C15H18N4O/c1-2-10-3-5-11(6-4-10)13-7-8-17-14-9-12(15(16)20)18-19(13)14/h3-6,9,13,17H,2,7-8H2,1H3,(H2,16,20). The molecular weight excluding hydrogens is 252 g/mol. The van der Waals surface area contributed by atoms with E-state index in [1.165, 1.54) is 11.1 Å². The topological polar surface area (TPSA) is 72.9 Å². The molecule has 104 valence electrons. The van der Waals surface area contributed by atoms with Crippen molar-refractivity contribution in [1.29, 1.82) is 0 Å². The third-order valence-electron chi connectivity index (χ3n) is 3.78. The number of nitrogens with one attached hydrogen (secondary N) is 1. The molecule has 1 aromatic carbocycles. The van der Waals surface area contributed by atoms with E-state index in [4.69, 9.17) is 5.73 Å². The van der Waals surface area contributed by atoms with E-state index in [9.17, 15) is 4.79 Å². The summed E-state index contributed by atoms with van der Waals surface area (Å²) in [5, 5.41) is 7.58. The molecule has 0 radical (unpaired) electrons. The summed E-state index contributed by atoms with van der Waals surface area (Å²) in [6.07, 6.45) is 1.98. The Bertz CT molecular complexity index is 630. The molecule has 5 nitrogen and oxygen atoms in total. The number of aromatic nitrogens is 2. The molecule has 1 aliphatic rings. The van der Waals surface area contributed by atoms with E-state index in [1.807, 2.05) is 4.68 Å². The number of hydrogen-bond donors (Lipinski definition) is 2. The first kappa shape index (κ1) is 12.7. The molecule has 0 spiro atoms. The maximum absolute atomic E-state index is 11.3. The molecule has 0 bridgehead atoms. The van der Waals surface area contributed by atoms with E-state index < -0.39 is 5.91 Å². The van der Waals surface area contributed by atoms with Crippen LogP contribution >= 0.6 is 0 Å². The summed E-state index contributed by atoms with van der Waals surface area (Å²) >= 11 is 0. The van der Waals surface area contributed by atoms with Crippen LogP contribution in [0.15, 0.2) is 30.3 Å². The Balaban J connectivity index is 1.97. The Labute approximate surface area is 117 Å². The summed E-state index contributed by atoms with van der Waals surface area (Å²) in [5.74, 6) is 0.364. The summed E-state index contributed by atoms with van der Waals surface area (Å²) in [4.78, 5) is 11.3. The van der Waals surface area contributed by atoms with Crippen LogP contribution in [-0.4, -0.2) is 22.2 Å². The third kappa shape index (κ3) is 2.15. The van der Waals surface area contributed by atoms with Gasteiger partial charge in [-0.05, 0) is 24.0 Å². The SMILES string of the molecule is CCc1ccc(C2CCNc3cc(C(N)=O)nn32)cc1. The van der Waals surface area contributed by atoms with Crippen molar-refractivity contribution in [1.82, 2.24) is 9.78 Å². The number of hydrogen-bond acceptors (Lipinski definition) is 3. The fourth-order valence-electron chi connectivity index (χ4n) is 2.63. The van der Waals surface area contributed by atoms with Gasteiger partial charge in [-0.15, -0.1) is 0 Å². The van der Waals surface area contributed by atoms with E-state index in [-0.39, 0.29) is 6.04 Å². The molecule has 0 fully saturated rings. The molecule has 2 heterocycles. The Morgan fingerprint density at radius 2 is 2.20 bits per heavy atom. The number of benzene rings is 1. The summed E-state index contributed by atoms with van der Waals surface area (Å²) < 4.78 is 1.87. The molecule has 0 saturated heterocycles. The van der Waals surface area contributed by atoms with Gasteiger partial charge < -0.3 is 11.1 Å². The number of nitrogens with zero attached hydrogens (tertiary/aromatic N) is 2. The number of primary amides is 1. The number of nitrogens with two attached hydrogens (primary N) is 1. The van der Waals surface area contributed by atoms with E-state index in [0.29, 0.717) is 5.69 Å². The van der Waals surface area contributed by atoms with Crippen LogP contribution in [0.5, 0.6) is 0 Å². The number of carbonyl (C=O) groups excluding carboxylic acids is 1. The highest BCUT2D eigenvalue weighted by atomic mass is 16.1. The molecule has 1 amide bonds. The van der Waals surface area contributed by atoms with Gasteiger partial charge in [-0.1, -0.05) is 31.2 Å². The molecular formula is C15H18N4O. The second kappa shape index (κ2) is 5.00. The normalized spacial score (nSPS) is 17.4. The second-order valence-corrected chi connectivity index (χ2v) is 5.05. The average Bonchev–Trinajstić information content (AvgIpc) is 2.91. The van der Waals surface area contributed by atoms with E-state index in [2.05, 4.69) is 41.6 Å². The maximum atomic E-state index is 11.3.